The Morgan fingerprint density at radius 1 is 0.786 bits per heavy atom. The van der Waals surface area contributed by atoms with Crippen LogP contribution in [0.2, 0.25) is 0 Å². The Morgan fingerprint density at radius 3 is 2.18 bits per heavy atom. The summed E-state index contributed by atoms with van der Waals surface area (Å²) < 4.78 is 5.18. The Hall–Kier alpha value is -3.60. The molecule has 5 nitrogen and oxygen atoms in total. The van der Waals surface area contributed by atoms with Crippen molar-refractivity contribution in [1.29, 1.82) is 0 Å². The van der Waals surface area contributed by atoms with Gasteiger partial charge < -0.3 is 15.4 Å². The molecule has 0 bridgehead atoms. The van der Waals surface area contributed by atoms with E-state index < -0.39 is 5.97 Å². The molecule has 0 saturated heterocycles. The van der Waals surface area contributed by atoms with E-state index in [2.05, 4.69) is 10.6 Å². The van der Waals surface area contributed by atoms with Crippen LogP contribution in [0, 0.1) is 0 Å². The molecule has 28 heavy (non-hydrogen) atoms. The molecule has 0 spiro atoms. The molecular formula is C23H22N2O3. The Labute approximate surface area is 164 Å². The first kappa shape index (κ1) is 19.2. The second kappa shape index (κ2) is 9.92. The minimum Gasteiger partial charge on any atom is -0.452 e. The number of hydrogen-bond acceptors (Lipinski definition) is 4. The molecular weight excluding hydrogens is 352 g/mol. The minimum atomic E-state index is -0.544. The summed E-state index contributed by atoms with van der Waals surface area (Å²) in [4.78, 5) is 24.4. The van der Waals surface area contributed by atoms with Crippen molar-refractivity contribution in [2.45, 2.75) is 6.42 Å². The maximum absolute atomic E-state index is 12.4. The van der Waals surface area contributed by atoms with Gasteiger partial charge in [-0.2, -0.15) is 0 Å². The lowest BCUT2D eigenvalue weighted by atomic mass is 10.1. The van der Waals surface area contributed by atoms with Crippen molar-refractivity contribution < 1.29 is 14.3 Å². The number of amides is 1. The molecule has 0 atom stereocenters. The van der Waals surface area contributed by atoms with Gasteiger partial charge in [-0.1, -0.05) is 60.7 Å². The Kier molecular flexibility index (Phi) is 6.79. The number of esters is 1. The van der Waals surface area contributed by atoms with Crippen LogP contribution in [-0.2, 0) is 16.0 Å². The van der Waals surface area contributed by atoms with Crippen molar-refractivity contribution in [3.05, 3.63) is 96.1 Å². The fourth-order valence-corrected chi connectivity index (χ4v) is 2.70. The molecule has 0 radical (unpaired) electrons. The minimum absolute atomic E-state index is 0.312. The fraction of sp³-hybridized carbons (Fsp3) is 0.130. The molecule has 2 N–H and O–H groups in total. The van der Waals surface area contributed by atoms with E-state index in [0.717, 1.165) is 17.7 Å². The van der Waals surface area contributed by atoms with E-state index in [9.17, 15) is 9.59 Å². The van der Waals surface area contributed by atoms with Gasteiger partial charge in [-0.15, -0.1) is 0 Å². The number of para-hydroxylation sites is 2. The summed E-state index contributed by atoms with van der Waals surface area (Å²) in [6.07, 6.45) is 0.727. The van der Waals surface area contributed by atoms with E-state index in [4.69, 9.17) is 4.74 Å². The molecule has 5 heteroatoms. The Balaban J connectivity index is 1.50. The zero-order chi connectivity index (χ0) is 19.6. The SMILES string of the molecule is O=C(COC(=O)c1ccccc1Nc1ccccc1)NCCc1ccccc1. The number of hydrogen-bond donors (Lipinski definition) is 2. The van der Waals surface area contributed by atoms with Gasteiger partial charge in [0.25, 0.3) is 5.91 Å². The highest BCUT2D eigenvalue weighted by Crippen LogP contribution is 2.21. The number of rotatable bonds is 8. The molecule has 0 unspecified atom stereocenters. The van der Waals surface area contributed by atoms with Crippen LogP contribution in [0.1, 0.15) is 15.9 Å². The summed E-state index contributed by atoms with van der Waals surface area (Å²) in [6, 6.07) is 26.5. The summed E-state index contributed by atoms with van der Waals surface area (Å²) in [5, 5.41) is 5.95. The van der Waals surface area contributed by atoms with Gasteiger partial charge in [0.15, 0.2) is 6.61 Å². The normalized spacial score (nSPS) is 10.1. The van der Waals surface area contributed by atoms with Crippen molar-refractivity contribution in [3.8, 4) is 0 Å². The molecule has 0 heterocycles. The average Bonchev–Trinajstić information content (AvgIpc) is 2.74. The molecule has 0 saturated carbocycles. The van der Waals surface area contributed by atoms with Gasteiger partial charge in [-0.3, -0.25) is 4.79 Å². The summed E-state index contributed by atoms with van der Waals surface area (Å²) in [5.74, 6) is -0.866. The van der Waals surface area contributed by atoms with Gasteiger partial charge in [0.2, 0.25) is 0 Å². The third-order valence-electron chi connectivity index (χ3n) is 4.11. The van der Waals surface area contributed by atoms with E-state index >= 15 is 0 Å². The van der Waals surface area contributed by atoms with E-state index in [1.807, 2.05) is 66.7 Å². The second-order valence-electron chi connectivity index (χ2n) is 6.20. The average molecular weight is 374 g/mol. The molecule has 0 aliphatic heterocycles. The first-order valence-electron chi connectivity index (χ1n) is 9.11. The number of benzene rings is 3. The monoisotopic (exact) mass is 374 g/mol. The van der Waals surface area contributed by atoms with Crippen LogP contribution in [-0.4, -0.2) is 25.0 Å². The van der Waals surface area contributed by atoms with Crippen LogP contribution in [0.15, 0.2) is 84.9 Å². The van der Waals surface area contributed by atoms with Gasteiger partial charge in [-0.25, -0.2) is 4.79 Å². The lowest BCUT2D eigenvalue weighted by Gasteiger charge is -2.12. The zero-order valence-electron chi connectivity index (χ0n) is 15.4. The quantitative estimate of drug-likeness (QED) is 0.586. The van der Waals surface area contributed by atoms with Crippen molar-refractivity contribution in [2.24, 2.45) is 0 Å². The summed E-state index contributed by atoms with van der Waals surface area (Å²) in [5.41, 5.74) is 3.01. The lowest BCUT2D eigenvalue weighted by Crippen LogP contribution is -2.30. The molecule has 0 fully saturated rings. The topological polar surface area (TPSA) is 67.4 Å². The predicted molar refractivity (Wildman–Crippen MR) is 110 cm³/mol. The van der Waals surface area contributed by atoms with Crippen molar-refractivity contribution in [1.82, 2.24) is 5.32 Å². The van der Waals surface area contributed by atoms with Crippen LogP contribution >= 0.6 is 0 Å². The van der Waals surface area contributed by atoms with Crippen LogP contribution in [0.3, 0.4) is 0 Å². The maximum Gasteiger partial charge on any atom is 0.340 e. The molecule has 0 aliphatic rings. The van der Waals surface area contributed by atoms with Crippen molar-refractivity contribution >= 4 is 23.3 Å². The van der Waals surface area contributed by atoms with Gasteiger partial charge in [-0.05, 0) is 36.2 Å². The van der Waals surface area contributed by atoms with Gasteiger partial charge in [0.1, 0.15) is 0 Å². The Morgan fingerprint density at radius 2 is 1.43 bits per heavy atom. The van der Waals surface area contributed by atoms with Crippen molar-refractivity contribution in [2.75, 3.05) is 18.5 Å². The van der Waals surface area contributed by atoms with Gasteiger partial charge in [0, 0.05) is 12.2 Å². The fourth-order valence-electron chi connectivity index (χ4n) is 2.70. The maximum atomic E-state index is 12.4. The highest BCUT2D eigenvalue weighted by Gasteiger charge is 2.14. The van der Waals surface area contributed by atoms with E-state index in [-0.39, 0.29) is 12.5 Å². The zero-order valence-corrected chi connectivity index (χ0v) is 15.4. The first-order valence-corrected chi connectivity index (χ1v) is 9.11. The van der Waals surface area contributed by atoms with E-state index in [1.165, 1.54) is 0 Å². The number of ether oxygens (including phenoxy) is 1. The van der Waals surface area contributed by atoms with E-state index in [0.29, 0.717) is 17.8 Å². The third-order valence-corrected chi connectivity index (χ3v) is 4.11. The molecule has 3 aromatic rings. The van der Waals surface area contributed by atoms with E-state index in [1.54, 1.807) is 18.2 Å². The number of carbonyl (C=O) groups excluding carboxylic acids is 2. The standard InChI is InChI=1S/C23H22N2O3/c26-22(24-16-15-18-9-3-1-4-10-18)17-28-23(27)20-13-7-8-14-21(20)25-19-11-5-2-6-12-19/h1-14,25H,15-17H2,(H,24,26). The first-order chi connectivity index (χ1) is 13.7. The number of anilines is 2. The smallest absolute Gasteiger partial charge is 0.340 e. The van der Waals surface area contributed by atoms with Crippen LogP contribution in [0.4, 0.5) is 11.4 Å². The number of carbonyl (C=O) groups is 2. The summed E-state index contributed by atoms with van der Waals surface area (Å²) in [6.45, 7) is 0.180. The molecule has 142 valence electrons. The summed E-state index contributed by atoms with van der Waals surface area (Å²) >= 11 is 0. The molecule has 1 amide bonds. The second-order valence-corrected chi connectivity index (χ2v) is 6.20. The largest absolute Gasteiger partial charge is 0.452 e. The lowest BCUT2D eigenvalue weighted by molar-refractivity contribution is -0.124. The Bertz CT molecular complexity index is 911. The van der Waals surface area contributed by atoms with Gasteiger partial charge >= 0.3 is 5.97 Å². The highest BCUT2D eigenvalue weighted by molar-refractivity contribution is 5.97. The van der Waals surface area contributed by atoms with Gasteiger partial charge in [0.05, 0.1) is 11.3 Å². The molecule has 0 aliphatic carbocycles. The molecule has 3 rings (SSSR count). The van der Waals surface area contributed by atoms with Crippen LogP contribution < -0.4 is 10.6 Å². The van der Waals surface area contributed by atoms with Crippen molar-refractivity contribution in [3.63, 3.8) is 0 Å². The molecule has 3 aromatic carbocycles. The third kappa shape index (κ3) is 5.71. The number of nitrogens with one attached hydrogen (secondary N) is 2. The van der Waals surface area contributed by atoms with Crippen LogP contribution in [0.5, 0.6) is 0 Å². The van der Waals surface area contributed by atoms with Crippen LogP contribution in [0.25, 0.3) is 0 Å². The predicted octanol–water partition coefficient (Wildman–Crippen LogP) is 3.95. The molecule has 0 aromatic heterocycles. The summed E-state index contributed by atoms with van der Waals surface area (Å²) in [7, 11) is 0. The highest BCUT2D eigenvalue weighted by atomic mass is 16.5.